The van der Waals surface area contributed by atoms with Crippen molar-refractivity contribution in [3.63, 3.8) is 0 Å². The highest BCUT2D eigenvalue weighted by molar-refractivity contribution is 7.92. The summed E-state index contributed by atoms with van der Waals surface area (Å²) in [7, 11) is -2.48. The van der Waals surface area contributed by atoms with Crippen LogP contribution in [0.3, 0.4) is 0 Å². The normalized spacial score (nSPS) is 20.0. The second-order valence-electron chi connectivity index (χ2n) is 15.7. The molecule has 0 spiro atoms. The van der Waals surface area contributed by atoms with Crippen LogP contribution < -0.4 is 14.4 Å². The molecule has 12 nitrogen and oxygen atoms in total. The van der Waals surface area contributed by atoms with Crippen molar-refractivity contribution in [2.45, 2.75) is 96.8 Å². The van der Waals surface area contributed by atoms with Crippen LogP contribution >= 0.6 is 0 Å². The highest BCUT2D eigenvalue weighted by Crippen LogP contribution is 2.38. The lowest BCUT2D eigenvalue weighted by Crippen LogP contribution is -2.46. The number of nitrogens with one attached hydrogen (secondary N) is 1. The molecule has 2 atom stereocenters. The number of ether oxygens (including phenoxy) is 2. The largest absolute Gasteiger partial charge is 0.475 e. The number of hydrogen-bond acceptors (Lipinski definition) is 10. The average molecular weight is 728 g/mol. The number of nitrogens with zero attached hydrogens (tertiary/aromatic N) is 6. The number of anilines is 2. The minimum Gasteiger partial charge on any atom is -0.475 e. The summed E-state index contributed by atoms with van der Waals surface area (Å²) in [4.78, 5) is 37.1. The van der Waals surface area contributed by atoms with E-state index in [1.54, 1.807) is 30.2 Å². The number of rotatable bonds is 7. The van der Waals surface area contributed by atoms with Crippen LogP contribution in [-0.4, -0.2) is 77.1 Å². The van der Waals surface area contributed by atoms with E-state index in [1.165, 1.54) is 12.1 Å². The second-order valence-corrected chi connectivity index (χ2v) is 17.3. The zero-order valence-electron chi connectivity index (χ0n) is 31.3. The lowest BCUT2D eigenvalue weighted by Gasteiger charge is -2.37. The van der Waals surface area contributed by atoms with Crippen molar-refractivity contribution in [1.82, 2.24) is 24.8 Å². The highest BCUT2D eigenvalue weighted by Gasteiger charge is 2.40. The van der Waals surface area contributed by atoms with Crippen molar-refractivity contribution >= 4 is 27.6 Å². The monoisotopic (exact) mass is 727 g/mol. The Morgan fingerprint density at radius 3 is 2.37 bits per heavy atom. The minimum absolute atomic E-state index is 0.0754. The zero-order chi connectivity index (χ0) is 37.4. The smallest absolute Gasteiger partial charge is 0.264 e. The van der Waals surface area contributed by atoms with Crippen LogP contribution in [0, 0.1) is 19.3 Å². The second kappa shape index (κ2) is 14.4. The van der Waals surface area contributed by atoms with E-state index in [0.717, 1.165) is 35.2 Å². The van der Waals surface area contributed by atoms with Gasteiger partial charge in [0.2, 0.25) is 11.8 Å². The molecular weight excluding hydrogens is 679 g/mol. The number of benzene rings is 2. The maximum atomic E-state index is 14.6. The van der Waals surface area contributed by atoms with E-state index in [1.807, 2.05) is 44.4 Å². The summed E-state index contributed by atoms with van der Waals surface area (Å²) in [6.45, 7) is 15.4. The zero-order valence-corrected chi connectivity index (χ0v) is 32.1. The van der Waals surface area contributed by atoms with Crippen LogP contribution in [0.15, 0.2) is 65.8 Å². The fourth-order valence-electron chi connectivity index (χ4n) is 7.43. The fourth-order valence-corrected chi connectivity index (χ4v) is 8.42. The van der Waals surface area contributed by atoms with Crippen molar-refractivity contribution in [2.24, 2.45) is 5.41 Å². The first-order valence-corrected chi connectivity index (χ1v) is 19.1. The van der Waals surface area contributed by atoms with Gasteiger partial charge in [0.15, 0.2) is 0 Å². The molecule has 4 heterocycles. The van der Waals surface area contributed by atoms with Gasteiger partial charge in [0.05, 0.1) is 53.9 Å². The Kier molecular flexibility index (Phi) is 10.3. The molecule has 13 heteroatoms. The van der Waals surface area contributed by atoms with Crippen molar-refractivity contribution in [2.75, 3.05) is 29.9 Å². The summed E-state index contributed by atoms with van der Waals surface area (Å²) < 4.78 is 42.0. The van der Waals surface area contributed by atoms with E-state index in [0.29, 0.717) is 24.5 Å². The number of aryl methyl sites for hydroxylation is 2. The maximum absolute atomic E-state index is 14.6. The Labute approximate surface area is 307 Å². The number of aromatic nitrogens is 4. The Morgan fingerprint density at radius 2 is 1.69 bits per heavy atom. The topological polar surface area (TPSA) is 140 Å². The Hall–Kier alpha value is -4.62. The number of sulfonamides is 1. The number of methoxy groups -OCH3 is 1. The third kappa shape index (κ3) is 8.05. The lowest BCUT2D eigenvalue weighted by molar-refractivity contribution is 0.0505. The van der Waals surface area contributed by atoms with Crippen LogP contribution in [0.2, 0.25) is 0 Å². The molecule has 0 saturated carbocycles. The molecule has 2 aromatic carbocycles. The van der Waals surface area contributed by atoms with Gasteiger partial charge in [-0.15, -0.1) is 0 Å². The SMILES string of the molecule is COC[C@H]1CCC(C)(C)N1c1cnc(CN2C(=O)c3cccc(c3)S(=O)(=O)Nc3nc(cc(-c4c(C)cccc4C)n3)OC[C@H]2CC(C)(C)C)nc1. The van der Waals surface area contributed by atoms with Crippen LogP contribution in [0.4, 0.5) is 11.6 Å². The molecule has 2 aromatic heterocycles. The first kappa shape index (κ1) is 37.1. The Balaban J connectivity index is 1.42. The number of amides is 1. The summed E-state index contributed by atoms with van der Waals surface area (Å²) in [5, 5.41) is 0. The summed E-state index contributed by atoms with van der Waals surface area (Å²) in [5.74, 6) is 0.143. The lowest BCUT2D eigenvalue weighted by atomic mass is 9.87. The van der Waals surface area contributed by atoms with Gasteiger partial charge in [0.1, 0.15) is 12.4 Å². The molecule has 1 amide bonds. The molecule has 6 rings (SSSR count). The molecule has 1 fully saturated rings. The first-order chi connectivity index (χ1) is 24.5. The van der Waals surface area contributed by atoms with Gasteiger partial charge in [-0.2, -0.15) is 4.98 Å². The molecule has 1 N–H and O–H groups in total. The number of carbonyl (C=O) groups is 1. The molecule has 4 bridgehead atoms. The molecule has 4 aromatic rings. The third-order valence-electron chi connectivity index (χ3n) is 9.78. The van der Waals surface area contributed by atoms with Crippen molar-refractivity contribution < 1.29 is 22.7 Å². The first-order valence-electron chi connectivity index (χ1n) is 17.7. The molecule has 0 unspecified atom stereocenters. The molecule has 0 radical (unpaired) electrons. The van der Waals surface area contributed by atoms with Crippen LogP contribution in [0.25, 0.3) is 11.3 Å². The van der Waals surface area contributed by atoms with E-state index in [-0.39, 0.29) is 58.3 Å². The van der Waals surface area contributed by atoms with Gasteiger partial charge in [-0.25, -0.2) is 28.1 Å². The Morgan fingerprint density at radius 1 is 1.00 bits per heavy atom. The molecule has 276 valence electrons. The number of fused-ring (bicyclic) bond motifs is 4. The van der Waals surface area contributed by atoms with Crippen molar-refractivity contribution in [3.8, 4) is 17.1 Å². The van der Waals surface area contributed by atoms with Crippen molar-refractivity contribution in [3.05, 3.63) is 83.4 Å². The molecule has 2 aliphatic rings. The average Bonchev–Trinajstić information content (AvgIpc) is 3.38. The molecule has 0 aliphatic carbocycles. The number of hydrogen-bond donors (Lipinski definition) is 1. The van der Waals surface area contributed by atoms with E-state index in [4.69, 9.17) is 19.4 Å². The quantitative estimate of drug-likeness (QED) is 0.222. The summed E-state index contributed by atoms with van der Waals surface area (Å²) in [6, 6.07) is 13.4. The summed E-state index contributed by atoms with van der Waals surface area (Å²) in [5.41, 5.74) is 4.12. The van der Waals surface area contributed by atoms with Gasteiger partial charge >= 0.3 is 0 Å². The predicted octanol–water partition coefficient (Wildman–Crippen LogP) is 6.58. The van der Waals surface area contributed by atoms with Gasteiger partial charge in [-0.1, -0.05) is 45.0 Å². The molecule has 52 heavy (non-hydrogen) atoms. The maximum Gasteiger partial charge on any atom is 0.264 e. The molecule has 2 aliphatic heterocycles. The van der Waals surface area contributed by atoms with Gasteiger partial charge in [-0.05, 0) is 81.7 Å². The third-order valence-corrected chi connectivity index (χ3v) is 11.1. The Bertz CT molecular complexity index is 2030. The highest BCUT2D eigenvalue weighted by atomic mass is 32.2. The van der Waals surface area contributed by atoms with Crippen LogP contribution in [-0.2, 0) is 21.3 Å². The van der Waals surface area contributed by atoms with E-state index in [9.17, 15) is 13.2 Å². The van der Waals surface area contributed by atoms with Crippen molar-refractivity contribution in [1.29, 1.82) is 0 Å². The molecular formula is C39H49N7O5S. The predicted molar refractivity (Wildman–Crippen MR) is 201 cm³/mol. The van der Waals surface area contributed by atoms with Gasteiger partial charge in [0, 0.05) is 29.8 Å². The van der Waals surface area contributed by atoms with E-state index < -0.39 is 16.1 Å². The van der Waals surface area contributed by atoms with E-state index in [2.05, 4.69) is 54.2 Å². The summed E-state index contributed by atoms with van der Waals surface area (Å²) in [6.07, 6.45) is 6.21. The minimum atomic E-state index is -4.19. The van der Waals surface area contributed by atoms with E-state index >= 15 is 0 Å². The molecule has 1 saturated heterocycles. The van der Waals surface area contributed by atoms with Crippen LogP contribution in [0.1, 0.15) is 81.2 Å². The van der Waals surface area contributed by atoms with Gasteiger partial charge in [0.25, 0.3) is 15.9 Å². The van der Waals surface area contributed by atoms with Crippen LogP contribution in [0.5, 0.6) is 5.88 Å². The summed E-state index contributed by atoms with van der Waals surface area (Å²) >= 11 is 0. The fraction of sp³-hybridized carbons (Fsp3) is 0.462. The van der Waals surface area contributed by atoms with Gasteiger partial charge in [-0.3, -0.25) is 4.79 Å². The number of carbonyl (C=O) groups excluding carboxylic acids is 1. The van der Waals surface area contributed by atoms with Gasteiger partial charge < -0.3 is 19.3 Å². The standard InChI is InChI=1S/C39H49N7O5S/c1-25-11-9-12-26(2)35(25)32-18-34-43-37(42-32)44-52(48,49)31-14-10-13-27(17-31)36(47)45(29(24-51-34)19-38(3,4)5)22-33-40-20-30(21-41-33)46-28(23-50-8)15-16-39(46,6)7/h9-14,17-18,20-21,28-29H,15-16,19,22-24H2,1-8H3,(H,42,43,44)/t28-,29-/m1/s1.